The van der Waals surface area contributed by atoms with E-state index in [1.54, 1.807) is 24.3 Å². The Bertz CT molecular complexity index is 1280. The normalized spacial score (nSPS) is 10.8. The van der Waals surface area contributed by atoms with Gasteiger partial charge in [-0.05, 0) is 55.3 Å². The highest BCUT2D eigenvalue weighted by Gasteiger charge is 2.14. The van der Waals surface area contributed by atoms with Crippen LogP contribution in [-0.2, 0) is 16.1 Å². The molecule has 1 heterocycles. The number of carbonyl (C=O) groups excluding carboxylic acids is 2. The summed E-state index contributed by atoms with van der Waals surface area (Å²) in [5, 5.41) is 4.35. The molecule has 168 valence electrons. The number of anilines is 1. The fraction of sp³-hybridized carbons (Fsp3) is 0.185. The van der Waals surface area contributed by atoms with Crippen LogP contribution >= 0.6 is 11.6 Å². The summed E-state index contributed by atoms with van der Waals surface area (Å²) in [4.78, 5) is 24.5. The number of fused-ring (bicyclic) bond motifs is 1. The van der Waals surface area contributed by atoms with Gasteiger partial charge in [0.1, 0.15) is 0 Å². The maximum atomic E-state index is 12.7. The molecule has 1 amide bonds. The fourth-order valence-corrected chi connectivity index (χ4v) is 4.12. The second-order valence-electron chi connectivity index (χ2n) is 7.66. The molecule has 0 spiro atoms. The Hall–Kier alpha value is -3.57. The van der Waals surface area contributed by atoms with E-state index in [-0.39, 0.29) is 11.9 Å². The topological polar surface area (TPSA) is 60.3 Å². The Labute approximate surface area is 197 Å². The van der Waals surface area contributed by atoms with Gasteiger partial charge in [-0.25, -0.2) is 0 Å². The first kappa shape index (κ1) is 22.6. The fourth-order valence-electron chi connectivity index (χ4n) is 3.90. The standard InChI is InChI=1S/C27H25ClN2O3/c1-2-33-26(31)13-8-16-30-24-15-14-21(29-27(32)22-11-6-7-12-23(22)28)17-20(24)18-25(30)19-9-4-3-5-10-19/h3-7,9-12,14-15,17-18H,2,8,13,16H2,1H3,(H,29,32). The lowest BCUT2D eigenvalue weighted by atomic mass is 10.1. The van der Waals surface area contributed by atoms with Gasteiger partial charge in [-0.15, -0.1) is 0 Å². The van der Waals surface area contributed by atoms with E-state index in [4.69, 9.17) is 16.3 Å². The van der Waals surface area contributed by atoms with E-state index in [1.165, 1.54) is 0 Å². The average Bonchev–Trinajstić information content (AvgIpc) is 3.18. The molecule has 0 unspecified atom stereocenters. The summed E-state index contributed by atoms with van der Waals surface area (Å²) in [5.41, 5.74) is 4.31. The lowest BCUT2D eigenvalue weighted by molar-refractivity contribution is -0.143. The number of esters is 1. The average molecular weight is 461 g/mol. The van der Waals surface area contributed by atoms with Gasteiger partial charge in [0.15, 0.2) is 0 Å². The second-order valence-corrected chi connectivity index (χ2v) is 8.07. The molecule has 0 saturated heterocycles. The minimum Gasteiger partial charge on any atom is -0.466 e. The van der Waals surface area contributed by atoms with Gasteiger partial charge in [0.2, 0.25) is 0 Å². The SMILES string of the molecule is CCOC(=O)CCCn1c(-c2ccccc2)cc2cc(NC(=O)c3ccccc3Cl)ccc21. The van der Waals surface area contributed by atoms with E-state index in [9.17, 15) is 9.59 Å². The molecule has 6 heteroatoms. The second kappa shape index (κ2) is 10.4. The van der Waals surface area contributed by atoms with Crippen molar-refractivity contribution in [3.63, 3.8) is 0 Å². The minimum absolute atomic E-state index is 0.181. The molecule has 0 fully saturated rings. The van der Waals surface area contributed by atoms with Gasteiger partial charge in [-0.1, -0.05) is 54.1 Å². The molecule has 4 aromatic rings. The molecule has 0 aliphatic heterocycles. The number of aryl methyl sites for hydroxylation is 1. The summed E-state index contributed by atoms with van der Waals surface area (Å²) < 4.78 is 7.28. The van der Waals surface area contributed by atoms with Crippen molar-refractivity contribution in [1.82, 2.24) is 4.57 Å². The van der Waals surface area contributed by atoms with E-state index in [0.717, 1.165) is 22.2 Å². The zero-order valence-electron chi connectivity index (χ0n) is 18.4. The van der Waals surface area contributed by atoms with Crippen LogP contribution in [0.25, 0.3) is 22.2 Å². The number of benzene rings is 3. The molecular weight excluding hydrogens is 436 g/mol. The van der Waals surface area contributed by atoms with Crippen LogP contribution in [0.1, 0.15) is 30.1 Å². The lowest BCUT2D eigenvalue weighted by Gasteiger charge is -2.12. The van der Waals surface area contributed by atoms with Crippen molar-refractivity contribution in [3.05, 3.63) is 89.4 Å². The predicted molar refractivity (Wildman–Crippen MR) is 133 cm³/mol. The number of nitrogens with one attached hydrogen (secondary N) is 1. The van der Waals surface area contributed by atoms with Crippen molar-refractivity contribution < 1.29 is 14.3 Å². The van der Waals surface area contributed by atoms with Crippen molar-refractivity contribution in [2.75, 3.05) is 11.9 Å². The Morgan fingerprint density at radius 3 is 2.48 bits per heavy atom. The summed E-state index contributed by atoms with van der Waals surface area (Å²) in [6, 6.07) is 25.0. The molecule has 1 aromatic heterocycles. The van der Waals surface area contributed by atoms with Crippen LogP contribution in [0.2, 0.25) is 5.02 Å². The van der Waals surface area contributed by atoms with E-state index >= 15 is 0 Å². The van der Waals surface area contributed by atoms with Gasteiger partial charge in [0.05, 0.1) is 17.2 Å². The van der Waals surface area contributed by atoms with Crippen molar-refractivity contribution in [3.8, 4) is 11.3 Å². The molecule has 0 saturated carbocycles. The number of ether oxygens (including phenoxy) is 1. The number of hydrogen-bond acceptors (Lipinski definition) is 3. The quantitative estimate of drug-likeness (QED) is 0.303. The maximum Gasteiger partial charge on any atom is 0.305 e. The van der Waals surface area contributed by atoms with Gasteiger partial charge in [0, 0.05) is 35.2 Å². The zero-order chi connectivity index (χ0) is 23.2. The van der Waals surface area contributed by atoms with Crippen molar-refractivity contribution in [2.45, 2.75) is 26.3 Å². The zero-order valence-corrected chi connectivity index (χ0v) is 19.1. The molecule has 3 aromatic carbocycles. The molecule has 1 N–H and O–H groups in total. The van der Waals surface area contributed by atoms with E-state index in [0.29, 0.717) is 42.3 Å². The van der Waals surface area contributed by atoms with E-state index < -0.39 is 0 Å². The molecule has 4 rings (SSSR count). The van der Waals surface area contributed by atoms with Crippen molar-refractivity contribution in [1.29, 1.82) is 0 Å². The monoisotopic (exact) mass is 460 g/mol. The first-order valence-electron chi connectivity index (χ1n) is 11.0. The smallest absolute Gasteiger partial charge is 0.305 e. The van der Waals surface area contributed by atoms with Crippen LogP contribution in [0, 0.1) is 0 Å². The molecule has 0 bridgehead atoms. The highest BCUT2D eigenvalue weighted by molar-refractivity contribution is 6.34. The Kier molecular flexibility index (Phi) is 7.10. The number of amides is 1. The summed E-state index contributed by atoms with van der Waals surface area (Å²) in [5.74, 6) is -0.433. The first-order chi connectivity index (χ1) is 16.1. The number of hydrogen-bond donors (Lipinski definition) is 1. The maximum absolute atomic E-state index is 12.7. The number of aromatic nitrogens is 1. The molecule has 5 nitrogen and oxygen atoms in total. The molecule has 33 heavy (non-hydrogen) atoms. The lowest BCUT2D eigenvalue weighted by Crippen LogP contribution is -2.12. The van der Waals surface area contributed by atoms with E-state index in [2.05, 4.69) is 28.1 Å². The molecule has 0 atom stereocenters. The summed E-state index contributed by atoms with van der Waals surface area (Å²) in [6.45, 7) is 2.88. The third kappa shape index (κ3) is 5.26. The van der Waals surface area contributed by atoms with Crippen LogP contribution in [-0.4, -0.2) is 23.1 Å². The van der Waals surface area contributed by atoms with Crippen molar-refractivity contribution >= 4 is 40.1 Å². The van der Waals surface area contributed by atoms with Crippen molar-refractivity contribution in [2.24, 2.45) is 0 Å². The van der Waals surface area contributed by atoms with Gasteiger partial charge in [0.25, 0.3) is 5.91 Å². The largest absolute Gasteiger partial charge is 0.466 e. The number of halogens is 1. The van der Waals surface area contributed by atoms with Crippen LogP contribution in [0.5, 0.6) is 0 Å². The van der Waals surface area contributed by atoms with Crippen LogP contribution in [0.3, 0.4) is 0 Å². The first-order valence-corrected chi connectivity index (χ1v) is 11.3. The van der Waals surface area contributed by atoms with Gasteiger partial charge in [-0.3, -0.25) is 9.59 Å². The van der Waals surface area contributed by atoms with Gasteiger partial charge >= 0.3 is 5.97 Å². The highest BCUT2D eigenvalue weighted by atomic mass is 35.5. The summed E-state index contributed by atoms with van der Waals surface area (Å²) in [7, 11) is 0. The predicted octanol–water partition coefficient (Wildman–Crippen LogP) is 6.56. The summed E-state index contributed by atoms with van der Waals surface area (Å²) >= 11 is 6.17. The highest BCUT2D eigenvalue weighted by Crippen LogP contribution is 2.31. The Morgan fingerprint density at radius 2 is 1.73 bits per heavy atom. The van der Waals surface area contributed by atoms with Gasteiger partial charge < -0.3 is 14.6 Å². The van der Waals surface area contributed by atoms with Crippen LogP contribution < -0.4 is 5.32 Å². The van der Waals surface area contributed by atoms with Crippen LogP contribution in [0.4, 0.5) is 5.69 Å². The number of carbonyl (C=O) groups is 2. The number of nitrogens with zero attached hydrogens (tertiary/aromatic N) is 1. The van der Waals surface area contributed by atoms with E-state index in [1.807, 2.05) is 43.3 Å². The molecule has 0 aliphatic rings. The third-order valence-corrected chi connectivity index (χ3v) is 5.74. The minimum atomic E-state index is -0.253. The third-order valence-electron chi connectivity index (χ3n) is 5.42. The molecule has 0 aliphatic carbocycles. The number of rotatable bonds is 8. The van der Waals surface area contributed by atoms with Crippen LogP contribution in [0.15, 0.2) is 78.9 Å². The Balaban J connectivity index is 1.63. The Morgan fingerprint density at radius 1 is 0.970 bits per heavy atom. The molecule has 0 radical (unpaired) electrons. The van der Waals surface area contributed by atoms with Gasteiger partial charge in [-0.2, -0.15) is 0 Å². The molecular formula is C27H25ClN2O3. The summed E-state index contributed by atoms with van der Waals surface area (Å²) in [6.07, 6.45) is 1.04.